The van der Waals surface area contributed by atoms with Crippen LogP contribution in [0.15, 0.2) is 11.6 Å². The van der Waals surface area contributed by atoms with Gasteiger partial charge in [-0.3, -0.25) is 4.79 Å². The first-order chi connectivity index (χ1) is 10.1. The second-order valence-electron chi connectivity index (χ2n) is 5.77. The van der Waals surface area contributed by atoms with Crippen molar-refractivity contribution in [3.63, 3.8) is 0 Å². The highest BCUT2D eigenvalue weighted by Gasteiger charge is 2.40. The molecule has 0 amide bonds. The topological polar surface area (TPSA) is 73.9 Å². The van der Waals surface area contributed by atoms with Crippen molar-refractivity contribution in [2.45, 2.75) is 39.0 Å². The number of hydrogen-bond donors (Lipinski definition) is 0. The first-order valence-corrected chi connectivity index (χ1v) is 7.22. The fourth-order valence-corrected chi connectivity index (χ4v) is 3.18. The molecule has 0 aliphatic heterocycles. The molecule has 0 spiro atoms. The Morgan fingerprint density at radius 2 is 2.14 bits per heavy atom. The molecule has 0 heterocycles. The highest BCUT2D eigenvalue weighted by Crippen LogP contribution is 2.46. The molecule has 21 heavy (non-hydrogen) atoms. The van der Waals surface area contributed by atoms with Crippen LogP contribution in [0, 0.1) is 51.8 Å². The Hall–Kier alpha value is -2.25. The molecule has 0 saturated heterocycles. The summed E-state index contributed by atoms with van der Waals surface area (Å²) < 4.78 is 4.72. The van der Waals surface area contributed by atoms with Gasteiger partial charge < -0.3 is 4.74 Å². The zero-order valence-corrected chi connectivity index (χ0v) is 12.2. The Labute approximate surface area is 125 Å². The summed E-state index contributed by atoms with van der Waals surface area (Å²) in [5.74, 6) is 6.26. The summed E-state index contributed by atoms with van der Waals surface area (Å²) in [5, 5.41) is 19.0. The zero-order valence-electron chi connectivity index (χ0n) is 12.2. The largest absolute Gasteiger partial charge is 0.453 e. The third-order valence-electron chi connectivity index (χ3n) is 4.28. The molecule has 108 valence electrons. The third kappa shape index (κ3) is 3.45. The van der Waals surface area contributed by atoms with Gasteiger partial charge in [0.2, 0.25) is 0 Å². The van der Waals surface area contributed by atoms with Crippen LogP contribution in [0.5, 0.6) is 0 Å². The van der Waals surface area contributed by atoms with Gasteiger partial charge in [-0.2, -0.15) is 10.5 Å². The van der Waals surface area contributed by atoms with E-state index in [1.54, 1.807) is 0 Å². The second-order valence-corrected chi connectivity index (χ2v) is 5.77. The summed E-state index contributed by atoms with van der Waals surface area (Å²) in [6.07, 6.45) is 6.68. The van der Waals surface area contributed by atoms with Gasteiger partial charge in [-0.05, 0) is 43.1 Å². The molecule has 2 atom stereocenters. The van der Waals surface area contributed by atoms with Crippen molar-refractivity contribution in [2.75, 3.05) is 6.61 Å². The van der Waals surface area contributed by atoms with Gasteiger partial charge >= 0.3 is 5.97 Å². The predicted molar refractivity (Wildman–Crippen MR) is 76.2 cm³/mol. The Balaban J connectivity index is 2.09. The minimum atomic E-state index is -1.15. The van der Waals surface area contributed by atoms with Crippen LogP contribution in [-0.2, 0) is 9.53 Å². The molecule has 2 rings (SSSR count). The number of nitrogens with zero attached hydrogens (tertiary/aromatic N) is 2. The molecule has 2 bridgehead atoms. The number of carbonyl (C=O) groups is 1. The molecule has 2 unspecified atom stereocenters. The molecule has 4 nitrogen and oxygen atoms in total. The second kappa shape index (κ2) is 6.47. The van der Waals surface area contributed by atoms with E-state index in [9.17, 15) is 15.3 Å². The van der Waals surface area contributed by atoms with Crippen molar-refractivity contribution in [2.24, 2.45) is 17.3 Å². The summed E-state index contributed by atoms with van der Waals surface area (Å²) in [5.41, 5.74) is -0.210. The van der Waals surface area contributed by atoms with E-state index in [2.05, 4.69) is 30.1 Å². The molecule has 0 aromatic carbocycles. The Kier molecular flexibility index (Phi) is 4.66. The standard InChI is InChI=1S/C17H18N2O2/c1-13(20)21-7-3-2-6-17(11-18,12-19)16-9-14-4-5-15(8-14)10-16/h9,14-15H,4-8,10H2,1H3. The summed E-state index contributed by atoms with van der Waals surface area (Å²) in [6.45, 7) is 1.33. The van der Waals surface area contributed by atoms with Gasteiger partial charge in [0, 0.05) is 13.3 Å². The maximum atomic E-state index is 10.6. The first kappa shape index (κ1) is 15.1. The summed E-state index contributed by atoms with van der Waals surface area (Å²) in [4.78, 5) is 10.6. The molecular formula is C17H18N2O2. The SMILES string of the molecule is CC(=O)OCC#CCC(C#N)(C#N)C1=CC2CCC(C1)C2. The minimum absolute atomic E-state index is 0.00652. The lowest BCUT2D eigenvalue weighted by atomic mass is 9.73. The lowest BCUT2D eigenvalue weighted by molar-refractivity contribution is -0.139. The molecule has 0 radical (unpaired) electrons. The zero-order chi connectivity index (χ0) is 15.3. The van der Waals surface area contributed by atoms with Crippen LogP contribution in [0.2, 0.25) is 0 Å². The van der Waals surface area contributed by atoms with E-state index in [1.807, 2.05) is 0 Å². The fourth-order valence-electron chi connectivity index (χ4n) is 3.18. The molecular weight excluding hydrogens is 264 g/mol. The first-order valence-electron chi connectivity index (χ1n) is 7.22. The maximum absolute atomic E-state index is 10.6. The average molecular weight is 282 g/mol. The summed E-state index contributed by atoms with van der Waals surface area (Å²) >= 11 is 0. The van der Waals surface area contributed by atoms with Crippen LogP contribution in [0.3, 0.4) is 0 Å². The quantitative estimate of drug-likeness (QED) is 0.453. The van der Waals surface area contributed by atoms with Crippen LogP contribution in [0.4, 0.5) is 0 Å². The van der Waals surface area contributed by atoms with Crippen LogP contribution in [0.1, 0.15) is 39.0 Å². The van der Waals surface area contributed by atoms with Crippen molar-refractivity contribution in [3.8, 4) is 24.0 Å². The monoisotopic (exact) mass is 282 g/mol. The molecule has 2 aliphatic carbocycles. The smallest absolute Gasteiger partial charge is 0.303 e. The molecule has 0 aromatic rings. The highest BCUT2D eigenvalue weighted by atomic mass is 16.5. The third-order valence-corrected chi connectivity index (χ3v) is 4.28. The van der Waals surface area contributed by atoms with Crippen LogP contribution in [0.25, 0.3) is 0 Å². The van der Waals surface area contributed by atoms with E-state index >= 15 is 0 Å². The summed E-state index contributed by atoms with van der Waals surface area (Å²) in [6, 6.07) is 4.33. The Morgan fingerprint density at radius 3 is 2.76 bits per heavy atom. The van der Waals surface area contributed by atoms with Crippen molar-refractivity contribution in [1.82, 2.24) is 0 Å². The lowest BCUT2D eigenvalue weighted by Gasteiger charge is -2.26. The number of allylic oxidation sites excluding steroid dienone is 2. The number of nitriles is 2. The average Bonchev–Trinajstić information content (AvgIpc) is 2.81. The minimum Gasteiger partial charge on any atom is -0.453 e. The van der Waals surface area contributed by atoms with E-state index < -0.39 is 5.41 Å². The van der Waals surface area contributed by atoms with E-state index in [0.717, 1.165) is 12.0 Å². The van der Waals surface area contributed by atoms with Gasteiger partial charge in [0.05, 0.1) is 12.1 Å². The number of ether oxygens (including phenoxy) is 1. The number of rotatable bonds is 3. The highest BCUT2D eigenvalue weighted by molar-refractivity contribution is 5.66. The van der Waals surface area contributed by atoms with Crippen molar-refractivity contribution in [3.05, 3.63) is 11.6 Å². The molecule has 0 aromatic heterocycles. The van der Waals surface area contributed by atoms with E-state index in [-0.39, 0.29) is 19.0 Å². The van der Waals surface area contributed by atoms with Crippen LogP contribution < -0.4 is 0 Å². The van der Waals surface area contributed by atoms with Gasteiger partial charge in [0.15, 0.2) is 12.0 Å². The van der Waals surface area contributed by atoms with Gasteiger partial charge in [-0.15, -0.1) is 0 Å². The van der Waals surface area contributed by atoms with Gasteiger partial charge in [0.1, 0.15) is 0 Å². The van der Waals surface area contributed by atoms with Crippen molar-refractivity contribution >= 4 is 5.97 Å². The van der Waals surface area contributed by atoms with Gasteiger partial charge in [-0.1, -0.05) is 17.9 Å². The van der Waals surface area contributed by atoms with E-state index in [1.165, 1.54) is 26.2 Å². The molecule has 4 heteroatoms. The van der Waals surface area contributed by atoms with Crippen LogP contribution >= 0.6 is 0 Å². The number of fused-ring (bicyclic) bond motifs is 2. The maximum Gasteiger partial charge on any atom is 0.303 e. The predicted octanol–water partition coefficient (Wildman–Crippen LogP) is 2.72. The van der Waals surface area contributed by atoms with Crippen LogP contribution in [-0.4, -0.2) is 12.6 Å². The normalized spacial score (nSPS) is 23.1. The van der Waals surface area contributed by atoms with E-state index in [4.69, 9.17) is 4.74 Å². The van der Waals surface area contributed by atoms with E-state index in [0.29, 0.717) is 11.8 Å². The Bertz CT molecular complexity index is 581. The lowest BCUT2D eigenvalue weighted by Crippen LogP contribution is -2.23. The Morgan fingerprint density at radius 1 is 1.38 bits per heavy atom. The molecule has 1 saturated carbocycles. The summed E-state index contributed by atoms with van der Waals surface area (Å²) in [7, 11) is 0. The molecule has 1 fully saturated rings. The molecule has 2 aliphatic rings. The van der Waals surface area contributed by atoms with Gasteiger partial charge in [-0.25, -0.2) is 0 Å². The molecule has 0 N–H and O–H groups in total. The van der Waals surface area contributed by atoms with Crippen molar-refractivity contribution in [1.29, 1.82) is 10.5 Å². The van der Waals surface area contributed by atoms with Gasteiger partial charge in [0.25, 0.3) is 0 Å². The number of carbonyl (C=O) groups excluding carboxylic acids is 1. The van der Waals surface area contributed by atoms with Crippen molar-refractivity contribution < 1.29 is 9.53 Å². The number of hydrogen-bond acceptors (Lipinski definition) is 4. The fraction of sp³-hybridized carbons (Fsp3) is 0.588. The number of esters is 1.